The van der Waals surface area contributed by atoms with Crippen molar-refractivity contribution in [2.45, 2.75) is 19.3 Å². The highest BCUT2D eigenvalue weighted by molar-refractivity contribution is 6.55. The molecule has 0 radical (unpaired) electrons. The fourth-order valence-corrected chi connectivity index (χ4v) is 3.31. The molecule has 2 rings (SSSR count). The van der Waals surface area contributed by atoms with Crippen LogP contribution in [0.15, 0.2) is 24.3 Å². The van der Waals surface area contributed by atoms with Crippen LogP contribution in [-0.2, 0) is 9.59 Å². The summed E-state index contributed by atoms with van der Waals surface area (Å²) in [7, 11) is 0. The summed E-state index contributed by atoms with van der Waals surface area (Å²) in [6.45, 7) is 0. The lowest BCUT2D eigenvalue weighted by Crippen LogP contribution is -2.12. The first kappa shape index (κ1) is 22.4. The van der Waals surface area contributed by atoms with Crippen molar-refractivity contribution in [3.63, 3.8) is 0 Å². The highest BCUT2D eigenvalue weighted by Crippen LogP contribution is 2.48. The van der Waals surface area contributed by atoms with Crippen molar-refractivity contribution in [1.29, 1.82) is 0 Å². The van der Waals surface area contributed by atoms with Gasteiger partial charge in [0.15, 0.2) is 5.75 Å². The Balaban J connectivity index is 1.89. The Morgan fingerprint density at radius 1 is 0.741 bits per heavy atom. The highest BCUT2D eigenvalue weighted by Gasteiger charge is 2.22. The molecular weight excluding hydrogens is 481 g/mol. The minimum absolute atomic E-state index is 0.00872. The number of rotatable bonds is 6. The van der Waals surface area contributed by atoms with Crippen LogP contribution in [0.1, 0.15) is 19.3 Å². The van der Waals surface area contributed by atoms with Crippen LogP contribution in [0, 0.1) is 0 Å². The lowest BCUT2D eigenvalue weighted by atomic mass is 10.2. The summed E-state index contributed by atoms with van der Waals surface area (Å²) in [6.07, 6.45) is 0.0862. The number of carbonyl (C=O) groups is 2. The van der Waals surface area contributed by atoms with E-state index in [0.29, 0.717) is 10.8 Å². The minimum atomic E-state index is -0.677. The average Bonchev–Trinajstić information content (AvgIpc) is 2.62. The van der Waals surface area contributed by atoms with Crippen LogP contribution in [0.2, 0.25) is 30.1 Å². The second kappa shape index (κ2) is 10.1. The third-order valence-electron chi connectivity index (χ3n) is 3.17. The van der Waals surface area contributed by atoms with Gasteiger partial charge in [0.1, 0.15) is 15.8 Å². The normalized spacial score (nSPS) is 10.6. The predicted molar refractivity (Wildman–Crippen MR) is 108 cm³/mol. The van der Waals surface area contributed by atoms with Gasteiger partial charge < -0.3 is 9.47 Å². The number of esters is 2. The number of benzene rings is 2. The van der Waals surface area contributed by atoms with E-state index in [4.69, 9.17) is 79.1 Å². The zero-order chi connectivity index (χ0) is 20.1. The molecule has 0 bridgehead atoms. The van der Waals surface area contributed by atoms with Gasteiger partial charge in [-0.1, -0.05) is 75.7 Å². The molecule has 0 amide bonds. The van der Waals surface area contributed by atoms with Crippen LogP contribution in [0.3, 0.4) is 0 Å². The molecule has 0 N–H and O–H groups in total. The number of carbonyl (C=O) groups excluding carboxylic acids is 2. The Bertz CT molecular complexity index is 855. The first-order chi connectivity index (χ1) is 12.7. The molecule has 0 aliphatic carbocycles. The van der Waals surface area contributed by atoms with Crippen LogP contribution >= 0.6 is 69.6 Å². The van der Waals surface area contributed by atoms with E-state index in [0.717, 1.165) is 0 Å². The molecule has 0 fully saturated rings. The Hall–Kier alpha value is -0.880. The molecule has 10 heteroatoms. The zero-order valence-electron chi connectivity index (χ0n) is 13.3. The van der Waals surface area contributed by atoms with Crippen LogP contribution in [0.25, 0.3) is 0 Å². The van der Waals surface area contributed by atoms with Gasteiger partial charge in [-0.3, -0.25) is 9.59 Å². The predicted octanol–water partition coefficient (Wildman–Crippen LogP) is 7.29. The molecule has 0 saturated carbocycles. The average molecular weight is 491 g/mol. The summed E-state index contributed by atoms with van der Waals surface area (Å²) < 4.78 is 10.2. The Labute approximate surface area is 185 Å². The van der Waals surface area contributed by atoms with Gasteiger partial charge in [-0.2, -0.15) is 0 Å². The topological polar surface area (TPSA) is 52.6 Å². The van der Waals surface area contributed by atoms with E-state index in [-0.39, 0.29) is 50.1 Å². The summed E-state index contributed by atoms with van der Waals surface area (Å²) in [5, 5.41) is -0.0364. The van der Waals surface area contributed by atoms with Gasteiger partial charge in [-0.05, 0) is 24.6 Å². The van der Waals surface area contributed by atoms with E-state index >= 15 is 0 Å². The summed E-state index contributed by atoms with van der Waals surface area (Å²) in [6, 6.07) is 6.40. The van der Waals surface area contributed by atoms with Crippen LogP contribution in [0.4, 0.5) is 0 Å². The number of ether oxygens (including phenoxy) is 2. The monoisotopic (exact) mass is 488 g/mol. The van der Waals surface area contributed by atoms with E-state index in [1.807, 2.05) is 0 Å². The largest absolute Gasteiger partial charge is 0.426 e. The van der Waals surface area contributed by atoms with Crippen molar-refractivity contribution in [3.05, 3.63) is 54.4 Å². The molecule has 0 unspecified atom stereocenters. The van der Waals surface area contributed by atoms with Crippen molar-refractivity contribution < 1.29 is 19.1 Å². The number of halogens is 6. The van der Waals surface area contributed by atoms with Gasteiger partial charge in [0.2, 0.25) is 0 Å². The first-order valence-corrected chi connectivity index (χ1v) is 9.65. The van der Waals surface area contributed by atoms with Gasteiger partial charge >= 0.3 is 11.9 Å². The van der Waals surface area contributed by atoms with Gasteiger partial charge in [-0.15, -0.1) is 0 Å². The van der Waals surface area contributed by atoms with Crippen molar-refractivity contribution in [1.82, 2.24) is 0 Å². The Kier molecular flexibility index (Phi) is 8.35. The second-order valence-corrected chi connectivity index (χ2v) is 7.48. The Morgan fingerprint density at radius 3 is 1.81 bits per heavy atom. The molecule has 0 aromatic heterocycles. The van der Waals surface area contributed by atoms with Gasteiger partial charge in [-0.25, -0.2) is 0 Å². The summed E-state index contributed by atoms with van der Waals surface area (Å²) in [5.74, 6) is -1.06. The third kappa shape index (κ3) is 6.05. The summed E-state index contributed by atoms with van der Waals surface area (Å²) in [5.41, 5.74) is 0. The number of hydrogen-bond acceptors (Lipinski definition) is 4. The molecule has 27 heavy (non-hydrogen) atoms. The Morgan fingerprint density at radius 2 is 1.26 bits per heavy atom. The maximum Gasteiger partial charge on any atom is 0.311 e. The van der Waals surface area contributed by atoms with Crippen molar-refractivity contribution in [3.8, 4) is 11.5 Å². The number of hydrogen-bond donors (Lipinski definition) is 0. The van der Waals surface area contributed by atoms with E-state index < -0.39 is 11.9 Å². The van der Waals surface area contributed by atoms with E-state index in [2.05, 4.69) is 0 Å². The van der Waals surface area contributed by atoms with Crippen molar-refractivity contribution >= 4 is 81.5 Å². The first-order valence-electron chi connectivity index (χ1n) is 7.39. The summed E-state index contributed by atoms with van der Waals surface area (Å²) in [4.78, 5) is 23.8. The third-order valence-corrected chi connectivity index (χ3v) is 5.65. The van der Waals surface area contributed by atoms with E-state index in [1.54, 1.807) is 18.2 Å². The van der Waals surface area contributed by atoms with E-state index in [9.17, 15) is 9.59 Å². The van der Waals surface area contributed by atoms with Crippen molar-refractivity contribution in [2.75, 3.05) is 0 Å². The van der Waals surface area contributed by atoms with Gasteiger partial charge in [0.05, 0.1) is 15.1 Å². The maximum absolute atomic E-state index is 12.0. The molecule has 0 heterocycles. The lowest BCUT2D eigenvalue weighted by Gasteiger charge is -2.12. The SMILES string of the molecule is O=C(CCCC(=O)Oc1c(Cl)c(Cl)c(Cl)c(Cl)c1Cl)Oc1cccc(Cl)c1. The smallest absolute Gasteiger partial charge is 0.311 e. The van der Waals surface area contributed by atoms with Crippen molar-refractivity contribution in [2.24, 2.45) is 0 Å². The fraction of sp³-hybridized carbons (Fsp3) is 0.176. The second-order valence-electron chi connectivity index (χ2n) is 5.16. The molecule has 144 valence electrons. The van der Waals surface area contributed by atoms with E-state index in [1.165, 1.54) is 6.07 Å². The highest BCUT2D eigenvalue weighted by atomic mass is 35.5. The van der Waals surface area contributed by atoms with Crippen LogP contribution < -0.4 is 9.47 Å². The molecule has 0 aliphatic rings. The lowest BCUT2D eigenvalue weighted by molar-refractivity contribution is -0.136. The molecule has 4 nitrogen and oxygen atoms in total. The minimum Gasteiger partial charge on any atom is -0.426 e. The molecule has 0 spiro atoms. The van der Waals surface area contributed by atoms with Crippen LogP contribution in [-0.4, -0.2) is 11.9 Å². The molecule has 2 aromatic rings. The van der Waals surface area contributed by atoms with Crippen LogP contribution in [0.5, 0.6) is 11.5 Å². The zero-order valence-corrected chi connectivity index (χ0v) is 17.9. The van der Waals surface area contributed by atoms with Gasteiger partial charge in [0, 0.05) is 17.9 Å². The molecule has 0 aliphatic heterocycles. The molecule has 0 atom stereocenters. The molecular formula is C17H10Cl6O4. The summed E-state index contributed by atoms with van der Waals surface area (Å²) >= 11 is 35.5. The molecule has 0 saturated heterocycles. The maximum atomic E-state index is 12.0. The fourth-order valence-electron chi connectivity index (χ4n) is 1.93. The van der Waals surface area contributed by atoms with Gasteiger partial charge in [0.25, 0.3) is 0 Å². The standard InChI is InChI=1S/C17H10Cl6O4/c18-8-3-1-4-9(7-8)26-10(24)5-2-6-11(25)27-17-15(22)13(20)12(19)14(21)16(17)23/h1,3-4,7H,2,5-6H2. The molecule has 2 aromatic carbocycles. The quantitative estimate of drug-likeness (QED) is 0.185.